The molecule has 2 heterocycles. The van der Waals surface area contributed by atoms with Gasteiger partial charge in [0.05, 0.1) is 36.3 Å². The number of ether oxygens (including phenoxy) is 4. The fourth-order valence-electron chi connectivity index (χ4n) is 6.04. The van der Waals surface area contributed by atoms with Crippen LogP contribution in [0.2, 0.25) is 0 Å². The minimum Gasteiger partial charge on any atom is -0.462 e. The van der Waals surface area contributed by atoms with E-state index >= 15 is 0 Å². The first kappa shape index (κ1) is 20.7. The number of carbonyl (C=O) groups is 2. The van der Waals surface area contributed by atoms with E-state index in [0.717, 1.165) is 64.2 Å². The molecule has 168 valence electrons. The van der Waals surface area contributed by atoms with E-state index in [9.17, 15) is 9.59 Å². The van der Waals surface area contributed by atoms with Crippen LogP contribution in [0.5, 0.6) is 0 Å². The van der Waals surface area contributed by atoms with Gasteiger partial charge in [-0.1, -0.05) is 0 Å². The highest BCUT2D eigenvalue weighted by Crippen LogP contribution is 2.42. The van der Waals surface area contributed by atoms with Crippen molar-refractivity contribution in [2.75, 3.05) is 0 Å². The summed E-state index contributed by atoms with van der Waals surface area (Å²) in [5.74, 6) is 0.517. The molecular formula is C24H36O6. The van der Waals surface area contributed by atoms with Gasteiger partial charge in [-0.25, -0.2) is 0 Å². The van der Waals surface area contributed by atoms with Gasteiger partial charge >= 0.3 is 11.9 Å². The molecule has 0 N–H and O–H groups in total. The van der Waals surface area contributed by atoms with Crippen molar-refractivity contribution in [2.45, 2.75) is 115 Å². The van der Waals surface area contributed by atoms with Crippen molar-refractivity contribution in [3.05, 3.63) is 0 Å². The van der Waals surface area contributed by atoms with E-state index < -0.39 is 0 Å². The van der Waals surface area contributed by atoms with Gasteiger partial charge in [0.1, 0.15) is 12.2 Å². The summed E-state index contributed by atoms with van der Waals surface area (Å²) >= 11 is 0. The van der Waals surface area contributed by atoms with Crippen molar-refractivity contribution in [2.24, 2.45) is 23.7 Å². The summed E-state index contributed by atoms with van der Waals surface area (Å²) in [6, 6.07) is 0. The van der Waals surface area contributed by atoms with Crippen molar-refractivity contribution >= 4 is 11.9 Å². The van der Waals surface area contributed by atoms with Crippen LogP contribution in [-0.4, -0.2) is 48.6 Å². The van der Waals surface area contributed by atoms with Gasteiger partial charge in [0.2, 0.25) is 0 Å². The third kappa shape index (κ3) is 4.55. The largest absolute Gasteiger partial charge is 0.462 e. The van der Waals surface area contributed by atoms with Gasteiger partial charge in [-0.15, -0.1) is 0 Å². The fourth-order valence-corrected chi connectivity index (χ4v) is 6.04. The average molecular weight is 421 g/mol. The van der Waals surface area contributed by atoms with Gasteiger partial charge in [-0.2, -0.15) is 0 Å². The zero-order valence-electron chi connectivity index (χ0n) is 18.3. The lowest BCUT2D eigenvalue weighted by atomic mass is 9.81. The first-order valence-electron chi connectivity index (χ1n) is 12.2. The summed E-state index contributed by atoms with van der Waals surface area (Å²) in [4.78, 5) is 25.3. The number of esters is 2. The van der Waals surface area contributed by atoms with Crippen LogP contribution in [0.25, 0.3) is 0 Å². The molecule has 5 rings (SSSR count). The van der Waals surface area contributed by atoms with Gasteiger partial charge < -0.3 is 18.9 Å². The van der Waals surface area contributed by atoms with Crippen LogP contribution in [0, 0.1) is 23.7 Å². The molecule has 0 spiro atoms. The van der Waals surface area contributed by atoms with E-state index in [0.29, 0.717) is 36.3 Å². The van der Waals surface area contributed by atoms with Crippen LogP contribution in [0.4, 0.5) is 0 Å². The molecule has 0 aromatic rings. The topological polar surface area (TPSA) is 77.7 Å². The van der Waals surface area contributed by atoms with E-state index in [1.54, 1.807) is 0 Å². The molecule has 8 unspecified atom stereocenters. The highest BCUT2D eigenvalue weighted by Gasteiger charge is 2.47. The number of epoxide rings is 2. The molecule has 2 saturated heterocycles. The molecule has 5 aliphatic rings. The third-order valence-electron chi connectivity index (χ3n) is 8.42. The Bertz CT molecular complexity index is 600. The molecule has 0 amide bonds. The fraction of sp³-hybridized carbons (Fsp3) is 0.917. The number of hydrogen-bond acceptors (Lipinski definition) is 6. The van der Waals surface area contributed by atoms with Crippen LogP contribution in [0.1, 0.15) is 78.1 Å². The van der Waals surface area contributed by atoms with Crippen LogP contribution in [0.3, 0.4) is 0 Å². The SMILES string of the molecule is CC(OC(=O)C1CCC(C(=O)OC(C)C2CCC3OC3C2)CC1)C1CCC2OC2C1. The maximum absolute atomic E-state index is 12.7. The van der Waals surface area contributed by atoms with Gasteiger partial charge in [-0.3, -0.25) is 9.59 Å². The quantitative estimate of drug-likeness (QED) is 0.481. The standard InChI is InChI=1S/C24H36O6/c1-13(17-7-9-19-21(11-17)29-19)27-23(25)15-3-5-16(6-4-15)24(26)28-14(2)18-8-10-20-22(12-18)30-20/h13-22H,3-12H2,1-2H3. The Morgan fingerprint density at radius 1 is 0.633 bits per heavy atom. The number of hydrogen-bond donors (Lipinski definition) is 0. The Morgan fingerprint density at radius 2 is 1.03 bits per heavy atom. The van der Waals surface area contributed by atoms with Crippen molar-refractivity contribution in [1.29, 1.82) is 0 Å². The lowest BCUT2D eigenvalue weighted by Crippen LogP contribution is -2.35. The molecule has 0 aromatic heterocycles. The molecule has 0 aromatic carbocycles. The summed E-state index contributed by atoms with van der Waals surface area (Å²) in [6.45, 7) is 4.05. The molecule has 3 aliphatic carbocycles. The molecule has 2 aliphatic heterocycles. The molecule has 30 heavy (non-hydrogen) atoms. The highest BCUT2D eigenvalue weighted by molar-refractivity contribution is 5.75. The zero-order chi connectivity index (χ0) is 20.8. The smallest absolute Gasteiger partial charge is 0.309 e. The van der Waals surface area contributed by atoms with Crippen molar-refractivity contribution < 1.29 is 28.5 Å². The van der Waals surface area contributed by atoms with Crippen LogP contribution >= 0.6 is 0 Å². The van der Waals surface area contributed by atoms with E-state index in [2.05, 4.69) is 0 Å². The minimum absolute atomic E-state index is 0.0447. The Morgan fingerprint density at radius 3 is 1.40 bits per heavy atom. The second kappa shape index (κ2) is 8.42. The lowest BCUT2D eigenvalue weighted by Gasteiger charge is -2.31. The monoisotopic (exact) mass is 420 g/mol. The predicted octanol–water partition coefficient (Wildman–Crippen LogP) is 3.79. The lowest BCUT2D eigenvalue weighted by molar-refractivity contribution is -0.163. The maximum atomic E-state index is 12.7. The zero-order valence-corrected chi connectivity index (χ0v) is 18.3. The summed E-state index contributed by atoms with van der Waals surface area (Å²) < 4.78 is 22.8. The first-order valence-corrected chi connectivity index (χ1v) is 12.2. The van der Waals surface area contributed by atoms with Gasteiger partial charge in [0, 0.05) is 0 Å². The predicted molar refractivity (Wildman–Crippen MR) is 109 cm³/mol. The van der Waals surface area contributed by atoms with E-state index in [-0.39, 0.29) is 36.0 Å². The van der Waals surface area contributed by atoms with Crippen molar-refractivity contribution in [3.63, 3.8) is 0 Å². The van der Waals surface area contributed by atoms with Gasteiger partial charge in [0.25, 0.3) is 0 Å². The van der Waals surface area contributed by atoms with Crippen molar-refractivity contribution in [3.8, 4) is 0 Å². The normalized spacial score (nSPS) is 44.1. The number of fused-ring (bicyclic) bond motifs is 2. The molecule has 6 nitrogen and oxygen atoms in total. The summed E-state index contributed by atoms with van der Waals surface area (Å²) in [7, 11) is 0. The number of carbonyl (C=O) groups excluding carboxylic acids is 2. The molecular weight excluding hydrogens is 384 g/mol. The van der Waals surface area contributed by atoms with Crippen LogP contribution < -0.4 is 0 Å². The molecule has 6 heteroatoms. The maximum Gasteiger partial charge on any atom is 0.309 e. The summed E-state index contributed by atoms with van der Waals surface area (Å²) in [5.41, 5.74) is 0. The average Bonchev–Trinajstić information content (AvgIpc) is 3.66. The highest BCUT2D eigenvalue weighted by atomic mass is 16.6. The molecule has 0 bridgehead atoms. The number of rotatable bonds is 6. The van der Waals surface area contributed by atoms with Crippen molar-refractivity contribution in [1.82, 2.24) is 0 Å². The van der Waals surface area contributed by atoms with E-state index in [1.165, 1.54) is 0 Å². The Hall–Kier alpha value is -1.14. The van der Waals surface area contributed by atoms with Crippen LogP contribution in [-0.2, 0) is 28.5 Å². The second-order valence-corrected chi connectivity index (χ2v) is 10.4. The van der Waals surface area contributed by atoms with E-state index in [1.807, 2.05) is 13.8 Å². The Balaban J connectivity index is 1.03. The molecule has 5 fully saturated rings. The Kier molecular flexibility index (Phi) is 5.82. The second-order valence-electron chi connectivity index (χ2n) is 10.4. The van der Waals surface area contributed by atoms with E-state index in [4.69, 9.17) is 18.9 Å². The molecule has 8 atom stereocenters. The molecule has 3 saturated carbocycles. The minimum atomic E-state index is -0.0808. The summed E-state index contributed by atoms with van der Waals surface area (Å²) in [5, 5.41) is 0. The van der Waals surface area contributed by atoms with Gasteiger partial charge in [-0.05, 0) is 89.9 Å². The van der Waals surface area contributed by atoms with Crippen LogP contribution in [0.15, 0.2) is 0 Å². The third-order valence-corrected chi connectivity index (χ3v) is 8.42. The Labute approximate surface area is 179 Å². The summed E-state index contributed by atoms with van der Waals surface area (Å²) in [6.07, 6.45) is 10.9. The first-order chi connectivity index (χ1) is 14.5. The van der Waals surface area contributed by atoms with Gasteiger partial charge in [0.15, 0.2) is 0 Å². The molecule has 0 radical (unpaired) electrons.